The molecule has 23 heavy (non-hydrogen) atoms. The van der Waals surface area contributed by atoms with Gasteiger partial charge in [0, 0.05) is 24.5 Å². The number of rotatable bonds is 4. The van der Waals surface area contributed by atoms with Crippen molar-refractivity contribution in [2.75, 3.05) is 19.8 Å². The number of hydrogen-bond donors (Lipinski definition) is 1. The Morgan fingerprint density at radius 1 is 1.57 bits per heavy atom. The van der Waals surface area contributed by atoms with Crippen LogP contribution in [0.2, 0.25) is 0 Å². The van der Waals surface area contributed by atoms with Gasteiger partial charge in [0.1, 0.15) is 22.6 Å². The predicted octanol–water partition coefficient (Wildman–Crippen LogP) is 3.14. The summed E-state index contributed by atoms with van der Waals surface area (Å²) in [4.78, 5) is 18.7. The summed E-state index contributed by atoms with van der Waals surface area (Å²) in [5, 5.41) is 5.82. The molecule has 2 atom stereocenters. The molecule has 0 radical (unpaired) electrons. The molecule has 1 saturated heterocycles. The number of aryl methyl sites for hydroxylation is 1. The number of furan rings is 1. The van der Waals surface area contributed by atoms with Crippen LogP contribution in [0.1, 0.15) is 42.5 Å². The maximum Gasteiger partial charge on any atom is 0.318 e. The van der Waals surface area contributed by atoms with Crippen molar-refractivity contribution in [2.24, 2.45) is 0 Å². The van der Waals surface area contributed by atoms with Gasteiger partial charge in [-0.3, -0.25) is 0 Å². The first-order valence-electron chi connectivity index (χ1n) is 7.82. The Balaban J connectivity index is 1.71. The van der Waals surface area contributed by atoms with Crippen molar-refractivity contribution in [3.8, 4) is 0 Å². The summed E-state index contributed by atoms with van der Waals surface area (Å²) in [6.07, 6.45) is 2.58. The number of nitrogens with zero attached hydrogens (tertiary/aromatic N) is 2. The minimum absolute atomic E-state index is 0.115. The molecule has 0 aromatic carbocycles. The molecule has 3 rings (SSSR count). The van der Waals surface area contributed by atoms with Crippen LogP contribution >= 0.6 is 11.3 Å². The highest BCUT2D eigenvalue weighted by Crippen LogP contribution is 2.27. The second kappa shape index (κ2) is 7.14. The summed E-state index contributed by atoms with van der Waals surface area (Å²) >= 11 is 1.54. The van der Waals surface area contributed by atoms with E-state index in [1.165, 1.54) is 11.3 Å². The van der Waals surface area contributed by atoms with E-state index in [2.05, 4.69) is 10.3 Å². The quantitative estimate of drug-likeness (QED) is 0.932. The van der Waals surface area contributed by atoms with E-state index < -0.39 is 0 Å². The smallest absolute Gasteiger partial charge is 0.318 e. The number of carbonyl (C=O) groups is 1. The SMILES string of the molecule is CCc1ccc([C@H]2COCCN2C(=O)N[C@H](C)c2nccs2)o1. The van der Waals surface area contributed by atoms with Gasteiger partial charge >= 0.3 is 6.03 Å². The molecule has 0 spiro atoms. The molecule has 6 nitrogen and oxygen atoms in total. The fraction of sp³-hybridized carbons (Fsp3) is 0.500. The molecule has 7 heteroatoms. The van der Waals surface area contributed by atoms with Crippen molar-refractivity contribution in [2.45, 2.75) is 32.4 Å². The van der Waals surface area contributed by atoms with Crippen molar-refractivity contribution in [3.05, 3.63) is 40.2 Å². The van der Waals surface area contributed by atoms with Gasteiger partial charge in [0.05, 0.1) is 19.3 Å². The Labute approximate surface area is 139 Å². The fourth-order valence-corrected chi connectivity index (χ4v) is 3.27. The minimum atomic E-state index is -0.187. The van der Waals surface area contributed by atoms with Crippen molar-refractivity contribution in [1.82, 2.24) is 15.2 Å². The first kappa shape index (κ1) is 16.0. The third-order valence-corrected chi connectivity index (χ3v) is 4.87. The monoisotopic (exact) mass is 335 g/mol. The normalized spacial score (nSPS) is 19.6. The summed E-state index contributed by atoms with van der Waals surface area (Å²) in [5.74, 6) is 1.70. The number of urea groups is 1. The number of aromatic nitrogens is 1. The molecule has 0 saturated carbocycles. The van der Waals surface area contributed by atoms with Gasteiger partial charge in [-0.25, -0.2) is 9.78 Å². The molecule has 3 heterocycles. The number of carbonyl (C=O) groups excluding carboxylic acids is 1. The Morgan fingerprint density at radius 2 is 2.43 bits per heavy atom. The van der Waals surface area contributed by atoms with E-state index in [9.17, 15) is 4.79 Å². The standard InChI is InChI=1S/C16H21N3O3S/c1-3-12-4-5-14(22-12)13-10-21-8-7-19(13)16(20)18-11(2)15-17-6-9-23-15/h4-6,9,11,13H,3,7-8,10H2,1-2H3,(H,18,20)/t11-,13-/m1/s1. The molecule has 0 unspecified atom stereocenters. The Morgan fingerprint density at radius 3 is 3.13 bits per heavy atom. The van der Waals surface area contributed by atoms with E-state index in [1.807, 2.05) is 31.4 Å². The largest absolute Gasteiger partial charge is 0.464 e. The topological polar surface area (TPSA) is 67.6 Å². The van der Waals surface area contributed by atoms with Crippen molar-refractivity contribution >= 4 is 17.4 Å². The molecular formula is C16H21N3O3S. The number of hydrogen-bond acceptors (Lipinski definition) is 5. The molecule has 2 amide bonds. The van der Waals surface area contributed by atoms with Gasteiger partial charge in [-0.05, 0) is 19.1 Å². The van der Waals surface area contributed by atoms with E-state index in [4.69, 9.17) is 9.15 Å². The maximum absolute atomic E-state index is 12.7. The van der Waals surface area contributed by atoms with E-state index in [-0.39, 0.29) is 18.1 Å². The van der Waals surface area contributed by atoms with Crippen LogP contribution < -0.4 is 5.32 Å². The molecule has 1 aliphatic rings. The van der Waals surface area contributed by atoms with Gasteiger partial charge in [0.25, 0.3) is 0 Å². The van der Waals surface area contributed by atoms with Crippen molar-refractivity contribution < 1.29 is 13.9 Å². The number of morpholine rings is 1. The Kier molecular flexibility index (Phi) is 4.97. The first-order chi connectivity index (χ1) is 11.2. The van der Waals surface area contributed by atoms with E-state index >= 15 is 0 Å². The molecule has 1 fully saturated rings. The number of amides is 2. The average Bonchev–Trinajstić information content (AvgIpc) is 3.26. The number of nitrogens with one attached hydrogen (secondary N) is 1. The van der Waals surface area contributed by atoms with Crippen LogP contribution in [-0.2, 0) is 11.2 Å². The lowest BCUT2D eigenvalue weighted by atomic mass is 10.2. The third-order valence-electron chi connectivity index (χ3n) is 3.91. The van der Waals surface area contributed by atoms with Gasteiger partial charge in [-0.2, -0.15) is 0 Å². The van der Waals surface area contributed by atoms with Crippen LogP contribution in [0, 0.1) is 0 Å². The van der Waals surface area contributed by atoms with Crippen LogP contribution in [0.25, 0.3) is 0 Å². The molecule has 0 aliphatic carbocycles. The van der Waals surface area contributed by atoms with Crippen molar-refractivity contribution in [1.29, 1.82) is 0 Å². The maximum atomic E-state index is 12.7. The van der Waals surface area contributed by atoms with E-state index in [1.54, 1.807) is 11.1 Å². The zero-order chi connectivity index (χ0) is 16.2. The van der Waals surface area contributed by atoms with Gasteiger partial charge < -0.3 is 19.4 Å². The van der Waals surface area contributed by atoms with Gasteiger partial charge in [0.15, 0.2) is 0 Å². The lowest BCUT2D eigenvalue weighted by molar-refractivity contribution is 0.00350. The van der Waals surface area contributed by atoms with Crippen molar-refractivity contribution in [3.63, 3.8) is 0 Å². The van der Waals surface area contributed by atoms with Gasteiger partial charge in [-0.1, -0.05) is 6.92 Å². The zero-order valence-corrected chi connectivity index (χ0v) is 14.1. The summed E-state index contributed by atoms with van der Waals surface area (Å²) in [7, 11) is 0. The minimum Gasteiger partial charge on any atom is -0.464 e. The molecule has 124 valence electrons. The van der Waals surface area contributed by atoms with E-state index in [0.717, 1.165) is 22.9 Å². The molecule has 2 aromatic heterocycles. The van der Waals surface area contributed by atoms with E-state index in [0.29, 0.717) is 19.8 Å². The number of ether oxygens (including phenoxy) is 1. The summed E-state index contributed by atoms with van der Waals surface area (Å²) < 4.78 is 11.4. The zero-order valence-electron chi connectivity index (χ0n) is 13.3. The van der Waals surface area contributed by atoms with Crippen LogP contribution in [0.5, 0.6) is 0 Å². The summed E-state index contributed by atoms with van der Waals surface area (Å²) in [6, 6.07) is 3.47. The molecule has 0 bridgehead atoms. The van der Waals surface area contributed by atoms with Crippen LogP contribution in [0.4, 0.5) is 4.79 Å². The van der Waals surface area contributed by atoms with Crippen LogP contribution in [0.3, 0.4) is 0 Å². The highest BCUT2D eigenvalue weighted by atomic mass is 32.1. The highest BCUT2D eigenvalue weighted by Gasteiger charge is 2.31. The molecule has 2 aromatic rings. The first-order valence-corrected chi connectivity index (χ1v) is 8.70. The second-order valence-corrected chi connectivity index (χ2v) is 6.41. The highest BCUT2D eigenvalue weighted by molar-refractivity contribution is 7.09. The molecule has 1 aliphatic heterocycles. The molecule has 1 N–H and O–H groups in total. The van der Waals surface area contributed by atoms with Gasteiger partial charge in [0.2, 0.25) is 0 Å². The number of thiazole rings is 1. The fourth-order valence-electron chi connectivity index (χ4n) is 2.62. The lowest BCUT2D eigenvalue weighted by Crippen LogP contribution is -2.48. The predicted molar refractivity (Wildman–Crippen MR) is 87.4 cm³/mol. The lowest BCUT2D eigenvalue weighted by Gasteiger charge is -2.35. The summed E-state index contributed by atoms with van der Waals surface area (Å²) in [6.45, 7) is 5.52. The average molecular weight is 335 g/mol. The summed E-state index contributed by atoms with van der Waals surface area (Å²) in [5.41, 5.74) is 0. The second-order valence-electron chi connectivity index (χ2n) is 5.48. The Bertz CT molecular complexity index is 641. The van der Waals surface area contributed by atoms with Crippen LogP contribution in [0.15, 0.2) is 28.1 Å². The van der Waals surface area contributed by atoms with Gasteiger partial charge in [-0.15, -0.1) is 11.3 Å². The van der Waals surface area contributed by atoms with Crippen LogP contribution in [-0.4, -0.2) is 35.7 Å². The molecular weight excluding hydrogens is 314 g/mol. The Hall–Kier alpha value is -1.86. The third kappa shape index (κ3) is 3.56.